The maximum Gasteiger partial charge on any atom is 0.573 e. The van der Waals surface area contributed by atoms with Crippen molar-refractivity contribution in [2.75, 3.05) is 0 Å². The van der Waals surface area contributed by atoms with Crippen molar-refractivity contribution in [3.63, 3.8) is 0 Å². The maximum absolute atomic E-state index is 13.0. The van der Waals surface area contributed by atoms with Crippen molar-refractivity contribution >= 4 is 5.91 Å². The van der Waals surface area contributed by atoms with Gasteiger partial charge in [0.25, 0.3) is 5.91 Å². The van der Waals surface area contributed by atoms with Gasteiger partial charge >= 0.3 is 18.7 Å². The van der Waals surface area contributed by atoms with Gasteiger partial charge in [-0.1, -0.05) is 0 Å². The highest BCUT2D eigenvalue weighted by molar-refractivity contribution is 5.94. The molecule has 3 aromatic rings. The lowest BCUT2D eigenvalue weighted by atomic mass is 10.0. The molecule has 0 saturated carbocycles. The normalized spacial score (nSPS) is 13.4. The molecule has 0 aliphatic carbocycles. The molecule has 0 aliphatic heterocycles. The van der Waals surface area contributed by atoms with Gasteiger partial charge in [-0.15, -0.1) is 18.3 Å². The Labute approximate surface area is 189 Å². The van der Waals surface area contributed by atoms with E-state index in [0.29, 0.717) is 0 Å². The molecular formula is C19H12F9N5O2. The number of amides is 1. The molecule has 1 atom stereocenters. The van der Waals surface area contributed by atoms with E-state index in [9.17, 15) is 44.3 Å². The molecule has 7 nitrogen and oxygen atoms in total. The smallest absolute Gasteiger partial charge is 0.404 e. The highest BCUT2D eigenvalue weighted by atomic mass is 19.4. The number of ether oxygens (including phenoxy) is 1. The Balaban J connectivity index is 1.78. The monoisotopic (exact) mass is 513 g/mol. The molecule has 1 amide bonds. The molecule has 16 heteroatoms. The predicted molar refractivity (Wildman–Crippen MR) is 98.2 cm³/mol. The fraction of sp³-hybridized carbons (Fsp3) is 0.263. The number of carbonyl (C=O) groups is 1. The van der Waals surface area contributed by atoms with Crippen LogP contribution in [0.3, 0.4) is 0 Å². The molecule has 1 aromatic carbocycles. The molecule has 2 heterocycles. The van der Waals surface area contributed by atoms with E-state index < -0.39 is 53.1 Å². The minimum Gasteiger partial charge on any atom is -0.404 e. The zero-order chi connectivity index (χ0) is 26.2. The summed E-state index contributed by atoms with van der Waals surface area (Å²) in [5.74, 6) is -1.96. The molecule has 0 fully saturated rings. The van der Waals surface area contributed by atoms with Gasteiger partial charge in [-0.2, -0.15) is 26.3 Å². The molecular weight excluding hydrogens is 501 g/mol. The molecule has 2 aromatic heterocycles. The second-order valence-corrected chi connectivity index (χ2v) is 6.94. The van der Waals surface area contributed by atoms with Crippen LogP contribution < -0.4 is 10.1 Å². The third-order valence-corrected chi connectivity index (χ3v) is 4.28. The first-order valence-corrected chi connectivity index (χ1v) is 9.27. The highest BCUT2D eigenvalue weighted by Crippen LogP contribution is 2.36. The van der Waals surface area contributed by atoms with Crippen LogP contribution in [0.5, 0.6) is 5.75 Å². The van der Waals surface area contributed by atoms with Gasteiger partial charge in [0.2, 0.25) is 0 Å². The number of carbonyl (C=O) groups excluding carboxylic acids is 1. The predicted octanol–water partition coefficient (Wildman–Crippen LogP) is 5.09. The third kappa shape index (κ3) is 6.60. The number of nitrogens with zero attached hydrogens (tertiary/aromatic N) is 4. The van der Waals surface area contributed by atoms with Crippen LogP contribution in [0.25, 0.3) is 5.82 Å². The van der Waals surface area contributed by atoms with Crippen molar-refractivity contribution in [3.05, 3.63) is 65.4 Å². The van der Waals surface area contributed by atoms with Crippen LogP contribution in [-0.4, -0.2) is 32.0 Å². The molecule has 3 rings (SSSR count). The van der Waals surface area contributed by atoms with E-state index in [-0.39, 0.29) is 29.8 Å². The van der Waals surface area contributed by atoms with Crippen LogP contribution in [0.1, 0.15) is 40.3 Å². The first kappa shape index (κ1) is 25.8. The molecule has 1 N–H and O–H groups in total. The van der Waals surface area contributed by atoms with Crippen molar-refractivity contribution in [3.8, 4) is 11.6 Å². The number of aromatic nitrogens is 4. The summed E-state index contributed by atoms with van der Waals surface area (Å²) >= 11 is 0. The summed E-state index contributed by atoms with van der Waals surface area (Å²) in [6.45, 7) is 1.31. The summed E-state index contributed by atoms with van der Waals surface area (Å²) in [6.07, 6.45) is -13.3. The Morgan fingerprint density at radius 2 is 1.54 bits per heavy atom. The Hall–Kier alpha value is -3.85. The van der Waals surface area contributed by atoms with Crippen molar-refractivity contribution in [2.45, 2.75) is 31.7 Å². The average Bonchev–Trinajstić information content (AvgIpc) is 3.22. The lowest BCUT2D eigenvalue weighted by Crippen LogP contribution is -2.28. The van der Waals surface area contributed by atoms with Crippen LogP contribution >= 0.6 is 0 Å². The van der Waals surface area contributed by atoms with Gasteiger partial charge < -0.3 is 10.1 Å². The zero-order valence-electron chi connectivity index (χ0n) is 17.1. The highest BCUT2D eigenvalue weighted by Gasteiger charge is 2.37. The Kier molecular flexibility index (Phi) is 6.68. The summed E-state index contributed by atoms with van der Waals surface area (Å²) in [5.41, 5.74) is -4.20. The van der Waals surface area contributed by atoms with Crippen molar-refractivity contribution < 1.29 is 49.0 Å². The van der Waals surface area contributed by atoms with Gasteiger partial charge in [-0.3, -0.25) is 4.79 Å². The molecule has 0 spiro atoms. The lowest BCUT2D eigenvalue weighted by molar-refractivity contribution is -0.274. The zero-order valence-corrected chi connectivity index (χ0v) is 17.1. The van der Waals surface area contributed by atoms with Crippen LogP contribution in [0.4, 0.5) is 39.5 Å². The van der Waals surface area contributed by atoms with Gasteiger partial charge in [-0.05, 0) is 37.3 Å². The topological polar surface area (TPSA) is 81.9 Å². The van der Waals surface area contributed by atoms with Crippen molar-refractivity contribution in [2.24, 2.45) is 0 Å². The average molecular weight is 513 g/mol. The number of nitrogens with one attached hydrogen (secondary N) is 1. The van der Waals surface area contributed by atoms with Gasteiger partial charge in [0.05, 0.1) is 23.4 Å². The molecule has 0 radical (unpaired) electrons. The molecule has 35 heavy (non-hydrogen) atoms. The number of benzene rings is 1. The second-order valence-electron chi connectivity index (χ2n) is 6.94. The Bertz CT molecular complexity index is 1170. The summed E-state index contributed by atoms with van der Waals surface area (Å²) < 4.78 is 119. The number of pyridine rings is 1. The Morgan fingerprint density at radius 3 is 2.03 bits per heavy atom. The van der Waals surface area contributed by atoms with Crippen LogP contribution in [-0.2, 0) is 12.4 Å². The largest absolute Gasteiger partial charge is 0.573 e. The maximum atomic E-state index is 13.0. The van der Waals surface area contributed by atoms with E-state index in [4.69, 9.17) is 0 Å². The van der Waals surface area contributed by atoms with E-state index >= 15 is 0 Å². The summed E-state index contributed by atoms with van der Waals surface area (Å²) in [4.78, 5) is 20.0. The minimum atomic E-state index is -5.13. The number of hydrogen-bond acceptors (Lipinski definition) is 5. The first-order chi connectivity index (χ1) is 16.0. The van der Waals surface area contributed by atoms with E-state index in [0.717, 1.165) is 29.3 Å². The van der Waals surface area contributed by atoms with E-state index in [1.165, 1.54) is 6.92 Å². The Morgan fingerprint density at radius 1 is 0.943 bits per heavy atom. The van der Waals surface area contributed by atoms with Crippen LogP contribution in [0.2, 0.25) is 0 Å². The second kappa shape index (κ2) is 9.07. The lowest BCUT2D eigenvalue weighted by Gasteiger charge is -2.15. The van der Waals surface area contributed by atoms with Gasteiger partial charge in [0.15, 0.2) is 11.6 Å². The van der Waals surface area contributed by atoms with E-state index in [1.807, 2.05) is 0 Å². The molecule has 0 aliphatic rings. The number of rotatable bonds is 5. The molecule has 1 unspecified atom stereocenters. The van der Waals surface area contributed by atoms with Crippen LogP contribution in [0, 0.1) is 0 Å². The number of halogens is 9. The summed E-state index contributed by atoms with van der Waals surface area (Å²) in [5, 5.41) is 6.14. The summed E-state index contributed by atoms with van der Waals surface area (Å²) in [7, 11) is 0. The number of alkyl halides is 9. The van der Waals surface area contributed by atoms with Crippen molar-refractivity contribution in [1.82, 2.24) is 25.1 Å². The number of hydrogen-bond donors (Lipinski definition) is 1. The fourth-order valence-corrected chi connectivity index (χ4v) is 2.72. The quantitative estimate of drug-likeness (QED) is 0.481. The van der Waals surface area contributed by atoms with Gasteiger partial charge in [0.1, 0.15) is 12.1 Å². The minimum absolute atomic E-state index is 0.00417. The summed E-state index contributed by atoms with van der Waals surface area (Å²) in [6, 6.07) is 1.43. The van der Waals surface area contributed by atoms with Gasteiger partial charge in [0, 0.05) is 5.56 Å². The van der Waals surface area contributed by atoms with E-state index in [2.05, 4.69) is 25.1 Å². The van der Waals surface area contributed by atoms with Crippen molar-refractivity contribution in [1.29, 1.82) is 0 Å². The molecule has 0 saturated heterocycles. The SMILES string of the molecule is CC(NC(=O)c1cc(C(F)(F)F)cc(C(F)(F)F)c1)c1ncn(-c2ccc(OC(F)(F)F)cn2)n1. The third-order valence-electron chi connectivity index (χ3n) is 4.28. The fourth-order valence-electron chi connectivity index (χ4n) is 2.72. The van der Waals surface area contributed by atoms with E-state index in [1.54, 1.807) is 0 Å². The molecule has 0 bridgehead atoms. The van der Waals surface area contributed by atoms with Crippen LogP contribution in [0.15, 0.2) is 42.9 Å². The van der Waals surface area contributed by atoms with Gasteiger partial charge in [-0.25, -0.2) is 14.6 Å². The standard InChI is InChI=1S/C19H12F9N5O2/c1-9(15-30-8-33(32-15)14-3-2-13(7-29-14)35-19(26,27)28)31-16(34)10-4-11(17(20,21)22)6-12(5-10)18(23,24)25/h2-9H,1H3,(H,31,34). The molecule has 188 valence electrons. The first-order valence-electron chi connectivity index (χ1n) is 9.27.